The van der Waals surface area contributed by atoms with E-state index in [-0.39, 0.29) is 35.6 Å². The van der Waals surface area contributed by atoms with E-state index >= 15 is 0 Å². The molecule has 6 nitrogen and oxygen atoms in total. The van der Waals surface area contributed by atoms with Crippen LogP contribution in [-0.4, -0.2) is 55.0 Å². The zero-order valence-electron chi connectivity index (χ0n) is 17.9. The third-order valence-electron chi connectivity index (χ3n) is 6.59. The second-order valence-corrected chi connectivity index (χ2v) is 9.23. The maximum atomic E-state index is 12.7. The molecule has 2 saturated heterocycles. The van der Waals surface area contributed by atoms with Crippen molar-refractivity contribution in [1.82, 2.24) is 15.5 Å². The zero-order valence-corrected chi connectivity index (χ0v) is 18.7. The first-order valence-corrected chi connectivity index (χ1v) is 11.9. The topological polar surface area (TPSA) is 70.7 Å². The Labute approximate surface area is 189 Å². The molecular weight excluding hydrogens is 414 g/mol. The molecule has 0 spiro atoms. The lowest BCUT2D eigenvalue weighted by molar-refractivity contribution is -0.134. The lowest BCUT2D eigenvalue weighted by Crippen LogP contribution is -2.55. The van der Waals surface area contributed by atoms with Crippen LogP contribution >= 0.6 is 11.6 Å². The quantitative estimate of drug-likeness (QED) is 0.682. The van der Waals surface area contributed by atoms with Crippen molar-refractivity contribution < 1.29 is 14.3 Å². The summed E-state index contributed by atoms with van der Waals surface area (Å²) in [6.07, 6.45) is 8.86. The molecule has 1 aromatic carbocycles. The molecule has 1 saturated carbocycles. The predicted octanol–water partition coefficient (Wildman–Crippen LogP) is 3.36. The summed E-state index contributed by atoms with van der Waals surface area (Å²) in [6.45, 7) is 3.88. The summed E-state index contributed by atoms with van der Waals surface area (Å²) in [5, 5.41) is 6.74. The van der Waals surface area contributed by atoms with Gasteiger partial charge >= 0.3 is 0 Å². The number of nitrogens with zero attached hydrogens (tertiary/aromatic N) is 1. The first kappa shape index (κ1) is 22.2. The number of halogens is 1. The molecule has 168 valence electrons. The van der Waals surface area contributed by atoms with Gasteiger partial charge in [-0.15, -0.1) is 0 Å². The Bertz CT molecular complexity index is 820. The van der Waals surface area contributed by atoms with Gasteiger partial charge in [-0.05, 0) is 62.9 Å². The van der Waals surface area contributed by atoms with Gasteiger partial charge in [0.05, 0.1) is 6.04 Å². The van der Waals surface area contributed by atoms with Crippen molar-refractivity contribution in [1.29, 1.82) is 0 Å². The van der Waals surface area contributed by atoms with Crippen molar-refractivity contribution in [2.24, 2.45) is 5.92 Å². The fourth-order valence-corrected chi connectivity index (χ4v) is 4.99. The Morgan fingerprint density at radius 3 is 2.74 bits per heavy atom. The average Bonchev–Trinajstić information content (AvgIpc) is 3.04. The van der Waals surface area contributed by atoms with E-state index in [2.05, 4.69) is 15.5 Å². The van der Waals surface area contributed by atoms with E-state index in [1.807, 2.05) is 18.2 Å². The van der Waals surface area contributed by atoms with Gasteiger partial charge in [0.25, 0.3) is 5.91 Å². The van der Waals surface area contributed by atoms with Crippen LogP contribution in [-0.2, 0) is 14.3 Å². The highest BCUT2D eigenvalue weighted by Crippen LogP contribution is 2.32. The van der Waals surface area contributed by atoms with E-state index < -0.39 is 0 Å². The van der Waals surface area contributed by atoms with Crippen LogP contribution in [0.3, 0.4) is 0 Å². The molecule has 1 aromatic rings. The van der Waals surface area contributed by atoms with Crippen LogP contribution in [0, 0.1) is 5.92 Å². The Hall–Kier alpha value is -2.05. The lowest BCUT2D eigenvalue weighted by atomic mass is 9.82. The van der Waals surface area contributed by atoms with Crippen molar-refractivity contribution in [3.05, 3.63) is 40.6 Å². The second-order valence-electron chi connectivity index (χ2n) is 8.82. The molecule has 31 heavy (non-hydrogen) atoms. The molecule has 4 rings (SSSR count). The molecule has 3 aliphatic rings. The number of likely N-dealkylation sites (tertiary alicyclic amines) is 1. The molecule has 2 heterocycles. The lowest BCUT2D eigenvalue weighted by Gasteiger charge is -2.39. The molecule has 7 heteroatoms. The van der Waals surface area contributed by atoms with Gasteiger partial charge in [-0.25, -0.2) is 0 Å². The standard InChI is InChI=1S/C24H32ClN3O3/c25-19-8-4-3-7-17(19)16-22-24(30)27-20-15-18(9-10-21(20)31-22)23(29)26-11-14-28-12-5-1-2-6-13-28/h3-4,7-8,16,18,20-21H,1-2,5-6,9-15H2,(H,26,29)(H,27,30)/b22-16-. The van der Waals surface area contributed by atoms with Gasteiger partial charge in [-0.1, -0.05) is 42.6 Å². The number of hydrogen-bond acceptors (Lipinski definition) is 4. The maximum absolute atomic E-state index is 12.7. The highest BCUT2D eigenvalue weighted by atomic mass is 35.5. The van der Waals surface area contributed by atoms with Gasteiger partial charge in [0.2, 0.25) is 5.91 Å². The van der Waals surface area contributed by atoms with Crippen LogP contribution in [0.15, 0.2) is 30.0 Å². The van der Waals surface area contributed by atoms with Gasteiger partial charge in [0.1, 0.15) is 6.10 Å². The predicted molar refractivity (Wildman–Crippen MR) is 121 cm³/mol. The van der Waals surface area contributed by atoms with Crippen molar-refractivity contribution >= 4 is 29.5 Å². The molecular formula is C24H32ClN3O3. The number of morpholine rings is 1. The SMILES string of the molecule is O=C1NC2CC(C(=O)NCCN3CCCCCC3)CCC2O/C1=C\c1ccccc1Cl. The van der Waals surface area contributed by atoms with Crippen molar-refractivity contribution in [2.75, 3.05) is 26.2 Å². The van der Waals surface area contributed by atoms with E-state index in [4.69, 9.17) is 16.3 Å². The van der Waals surface area contributed by atoms with Gasteiger partial charge < -0.3 is 20.3 Å². The highest BCUT2D eigenvalue weighted by Gasteiger charge is 2.40. The van der Waals surface area contributed by atoms with Gasteiger partial charge in [-0.2, -0.15) is 0 Å². The maximum Gasteiger partial charge on any atom is 0.286 e. The Morgan fingerprint density at radius 1 is 1.19 bits per heavy atom. The number of hydrogen-bond donors (Lipinski definition) is 2. The fourth-order valence-electron chi connectivity index (χ4n) is 4.80. The summed E-state index contributed by atoms with van der Waals surface area (Å²) in [5.74, 6) is 0.0569. The minimum Gasteiger partial charge on any atom is -0.483 e. The van der Waals surface area contributed by atoms with Crippen LogP contribution in [0.1, 0.15) is 50.5 Å². The molecule has 2 N–H and O–H groups in total. The van der Waals surface area contributed by atoms with E-state index in [0.29, 0.717) is 18.0 Å². The third kappa shape index (κ3) is 5.80. The van der Waals surface area contributed by atoms with E-state index in [1.54, 1.807) is 12.1 Å². The summed E-state index contributed by atoms with van der Waals surface area (Å²) >= 11 is 6.20. The minimum absolute atomic E-state index is 0.0802. The number of carbonyl (C=O) groups excluding carboxylic acids is 2. The number of nitrogens with one attached hydrogen (secondary N) is 2. The molecule has 3 unspecified atom stereocenters. The summed E-state index contributed by atoms with van der Waals surface area (Å²) in [7, 11) is 0. The summed E-state index contributed by atoms with van der Waals surface area (Å²) in [4.78, 5) is 27.7. The summed E-state index contributed by atoms with van der Waals surface area (Å²) in [6, 6.07) is 7.23. The third-order valence-corrected chi connectivity index (χ3v) is 6.94. The normalized spacial score (nSPS) is 28.2. The van der Waals surface area contributed by atoms with Crippen molar-refractivity contribution in [2.45, 2.75) is 57.1 Å². The molecule has 3 fully saturated rings. The number of benzene rings is 1. The van der Waals surface area contributed by atoms with Crippen LogP contribution in [0.2, 0.25) is 5.02 Å². The largest absolute Gasteiger partial charge is 0.483 e. The molecule has 1 aliphatic carbocycles. The first-order valence-electron chi connectivity index (χ1n) is 11.5. The molecule has 0 bridgehead atoms. The van der Waals surface area contributed by atoms with Crippen LogP contribution in [0.5, 0.6) is 0 Å². The van der Waals surface area contributed by atoms with Gasteiger partial charge in [0.15, 0.2) is 5.76 Å². The molecule has 3 atom stereocenters. The fraction of sp³-hybridized carbons (Fsp3) is 0.583. The van der Waals surface area contributed by atoms with Crippen LogP contribution < -0.4 is 10.6 Å². The number of fused-ring (bicyclic) bond motifs is 1. The number of rotatable bonds is 5. The van der Waals surface area contributed by atoms with Gasteiger partial charge in [-0.3, -0.25) is 9.59 Å². The van der Waals surface area contributed by atoms with E-state index in [9.17, 15) is 9.59 Å². The average molecular weight is 446 g/mol. The minimum atomic E-state index is -0.247. The Balaban J connectivity index is 1.27. The monoisotopic (exact) mass is 445 g/mol. The number of carbonyl (C=O) groups is 2. The summed E-state index contributed by atoms with van der Waals surface area (Å²) in [5.41, 5.74) is 0.755. The molecule has 2 amide bonds. The Kier molecular flexibility index (Phi) is 7.51. The zero-order chi connectivity index (χ0) is 21.6. The number of ether oxygens (including phenoxy) is 1. The van der Waals surface area contributed by atoms with Crippen LogP contribution in [0.4, 0.5) is 0 Å². The number of amides is 2. The summed E-state index contributed by atoms with van der Waals surface area (Å²) < 4.78 is 6.01. The van der Waals surface area contributed by atoms with Crippen LogP contribution in [0.25, 0.3) is 6.08 Å². The Morgan fingerprint density at radius 2 is 1.97 bits per heavy atom. The smallest absolute Gasteiger partial charge is 0.286 e. The highest BCUT2D eigenvalue weighted by molar-refractivity contribution is 6.32. The van der Waals surface area contributed by atoms with Crippen molar-refractivity contribution in [3.63, 3.8) is 0 Å². The molecule has 0 aromatic heterocycles. The van der Waals surface area contributed by atoms with E-state index in [1.165, 1.54) is 25.7 Å². The van der Waals surface area contributed by atoms with Gasteiger partial charge in [0, 0.05) is 24.0 Å². The van der Waals surface area contributed by atoms with E-state index in [0.717, 1.165) is 38.0 Å². The second kappa shape index (κ2) is 10.5. The molecule has 2 aliphatic heterocycles. The molecule has 0 radical (unpaired) electrons. The van der Waals surface area contributed by atoms with Crippen molar-refractivity contribution in [3.8, 4) is 0 Å². The first-order chi connectivity index (χ1) is 15.1.